The Morgan fingerprint density at radius 2 is 2.16 bits per heavy atom. The number of rotatable bonds is 5. The Morgan fingerprint density at radius 3 is 2.84 bits per heavy atom. The van der Waals surface area contributed by atoms with Gasteiger partial charge in [-0.15, -0.1) is 0 Å². The van der Waals surface area contributed by atoms with E-state index in [0.29, 0.717) is 17.3 Å². The van der Waals surface area contributed by atoms with Crippen LogP contribution < -0.4 is 5.32 Å². The summed E-state index contributed by atoms with van der Waals surface area (Å²) in [7, 11) is 1.92. The molecule has 0 spiro atoms. The largest absolute Gasteiger partial charge is 0.324 e. The second-order valence-corrected chi connectivity index (χ2v) is 5.52. The molecule has 0 aliphatic heterocycles. The van der Waals surface area contributed by atoms with E-state index >= 15 is 0 Å². The molecule has 0 aliphatic carbocycles. The maximum atomic E-state index is 11.9. The van der Waals surface area contributed by atoms with Crippen LogP contribution in [-0.4, -0.2) is 24.4 Å². The van der Waals surface area contributed by atoms with Gasteiger partial charge in [-0.2, -0.15) is 11.3 Å². The molecule has 100 valence electrons. The maximum Gasteiger partial charge on any atom is 0.238 e. The van der Waals surface area contributed by atoms with Gasteiger partial charge in [0.15, 0.2) is 0 Å². The number of thiophene rings is 1. The second kappa shape index (κ2) is 6.70. The molecule has 0 fully saturated rings. The Balaban J connectivity index is 1.86. The van der Waals surface area contributed by atoms with Gasteiger partial charge in [0.25, 0.3) is 0 Å². The summed E-state index contributed by atoms with van der Waals surface area (Å²) >= 11 is 7.65. The molecule has 0 atom stereocenters. The van der Waals surface area contributed by atoms with Gasteiger partial charge < -0.3 is 5.32 Å². The summed E-state index contributed by atoms with van der Waals surface area (Å²) in [5.41, 5.74) is 1.87. The minimum Gasteiger partial charge on any atom is -0.324 e. The van der Waals surface area contributed by atoms with E-state index in [1.807, 2.05) is 29.5 Å². The van der Waals surface area contributed by atoms with Gasteiger partial charge in [0.2, 0.25) is 5.91 Å². The van der Waals surface area contributed by atoms with Crippen molar-refractivity contribution in [1.29, 1.82) is 0 Å². The van der Waals surface area contributed by atoms with E-state index in [9.17, 15) is 4.79 Å². The van der Waals surface area contributed by atoms with E-state index in [4.69, 9.17) is 11.6 Å². The number of amides is 1. The minimum absolute atomic E-state index is 0.0640. The predicted molar refractivity (Wildman–Crippen MR) is 80.7 cm³/mol. The quantitative estimate of drug-likeness (QED) is 0.916. The van der Waals surface area contributed by atoms with Crippen LogP contribution in [0.2, 0.25) is 5.02 Å². The van der Waals surface area contributed by atoms with Gasteiger partial charge in [-0.1, -0.05) is 23.7 Å². The molecule has 3 nitrogen and oxygen atoms in total. The molecule has 2 aromatic rings. The van der Waals surface area contributed by atoms with Crippen LogP contribution in [0.3, 0.4) is 0 Å². The number of halogens is 1. The lowest BCUT2D eigenvalue weighted by atomic mass is 10.3. The van der Waals surface area contributed by atoms with Crippen molar-refractivity contribution >= 4 is 34.5 Å². The van der Waals surface area contributed by atoms with Gasteiger partial charge in [-0.3, -0.25) is 9.69 Å². The molecule has 2 rings (SSSR count). The topological polar surface area (TPSA) is 32.3 Å². The Bertz CT molecular complexity index is 542. The monoisotopic (exact) mass is 294 g/mol. The summed E-state index contributed by atoms with van der Waals surface area (Å²) in [6.45, 7) is 1.10. The highest BCUT2D eigenvalue weighted by molar-refractivity contribution is 7.07. The zero-order valence-electron chi connectivity index (χ0n) is 10.6. The number of para-hydroxylation sites is 1. The molecule has 1 aromatic heterocycles. The lowest BCUT2D eigenvalue weighted by molar-refractivity contribution is -0.117. The number of anilines is 1. The average Bonchev–Trinajstić information content (AvgIpc) is 2.84. The van der Waals surface area contributed by atoms with E-state index in [2.05, 4.69) is 16.8 Å². The van der Waals surface area contributed by atoms with Crippen LogP contribution in [0.1, 0.15) is 5.56 Å². The molecule has 0 bridgehead atoms. The maximum absolute atomic E-state index is 11.9. The van der Waals surface area contributed by atoms with E-state index < -0.39 is 0 Å². The predicted octanol–water partition coefficient (Wildman–Crippen LogP) is 3.47. The summed E-state index contributed by atoms with van der Waals surface area (Å²) in [5, 5.41) is 7.48. The first-order valence-corrected chi connectivity index (χ1v) is 7.21. The first-order chi connectivity index (χ1) is 9.15. The lowest BCUT2D eigenvalue weighted by Crippen LogP contribution is -2.29. The fraction of sp³-hybridized carbons (Fsp3) is 0.214. The van der Waals surface area contributed by atoms with Crippen LogP contribution in [0.15, 0.2) is 41.1 Å². The lowest BCUT2D eigenvalue weighted by Gasteiger charge is -2.15. The number of nitrogens with one attached hydrogen (secondary N) is 1. The normalized spacial score (nSPS) is 10.7. The third-order valence-corrected chi connectivity index (χ3v) is 3.66. The third kappa shape index (κ3) is 4.35. The molecule has 1 N–H and O–H groups in total. The number of benzene rings is 1. The van der Waals surface area contributed by atoms with Crippen LogP contribution in [0.4, 0.5) is 5.69 Å². The van der Waals surface area contributed by atoms with Crippen molar-refractivity contribution in [3.63, 3.8) is 0 Å². The summed E-state index contributed by atoms with van der Waals surface area (Å²) in [6.07, 6.45) is 0. The first kappa shape index (κ1) is 14.1. The van der Waals surface area contributed by atoms with Gasteiger partial charge >= 0.3 is 0 Å². The molecule has 0 unspecified atom stereocenters. The van der Waals surface area contributed by atoms with Gasteiger partial charge in [-0.25, -0.2) is 0 Å². The van der Waals surface area contributed by atoms with Crippen LogP contribution >= 0.6 is 22.9 Å². The van der Waals surface area contributed by atoms with Gasteiger partial charge in [-0.05, 0) is 41.6 Å². The molecule has 1 amide bonds. The summed E-state index contributed by atoms with van der Waals surface area (Å²) < 4.78 is 0. The molecule has 5 heteroatoms. The highest BCUT2D eigenvalue weighted by atomic mass is 35.5. The van der Waals surface area contributed by atoms with Crippen molar-refractivity contribution in [2.24, 2.45) is 0 Å². The molecule has 0 saturated heterocycles. The number of carbonyl (C=O) groups is 1. The van der Waals surface area contributed by atoms with Crippen molar-refractivity contribution in [3.05, 3.63) is 51.7 Å². The Morgan fingerprint density at radius 1 is 1.37 bits per heavy atom. The van der Waals surface area contributed by atoms with Gasteiger partial charge in [0.1, 0.15) is 0 Å². The van der Waals surface area contributed by atoms with Crippen LogP contribution in [0, 0.1) is 0 Å². The molecular formula is C14H15ClN2OS. The van der Waals surface area contributed by atoms with Crippen molar-refractivity contribution in [3.8, 4) is 0 Å². The fourth-order valence-electron chi connectivity index (χ4n) is 1.75. The molecular weight excluding hydrogens is 280 g/mol. The van der Waals surface area contributed by atoms with E-state index in [1.54, 1.807) is 23.5 Å². The smallest absolute Gasteiger partial charge is 0.238 e. The summed E-state index contributed by atoms with van der Waals surface area (Å²) in [5.74, 6) is -0.0640. The van der Waals surface area contributed by atoms with Gasteiger partial charge in [0, 0.05) is 6.54 Å². The van der Waals surface area contributed by atoms with Crippen molar-refractivity contribution < 1.29 is 4.79 Å². The third-order valence-electron chi connectivity index (χ3n) is 2.59. The molecule has 0 radical (unpaired) electrons. The van der Waals surface area contributed by atoms with Gasteiger partial charge in [0.05, 0.1) is 17.3 Å². The summed E-state index contributed by atoms with van der Waals surface area (Å²) in [4.78, 5) is 13.9. The Hall–Kier alpha value is -1.36. The first-order valence-electron chi connectivity index (χ1n) is 5.89. The Labute approximate surface area is 121 Å². The minimum atomic E-state index is -0.0640. The van der Waals surface area contributed by atoms with E-state index in [1.165, 1.54) is 5.56 Å². The highest BCUT2D eigenvalue weighted by Gasteiger charge is 2.09. The Kier molecular flexibility index (Phi) is 4.96. The van der Waals surface area contributed by atoms with Crippen LogP contribution in [0.5, 0.6) is 0 Å². The molecule has 19 heavy (non-hydrogen) atoms. The molecule has 1 aromatic carbocycles. The highest BCUT2D eigenvalue weighted by Crippen LogP contribution is 2.20. The van der Waals surface area contributed by atoms with Crippen LogP contribution in [-0.2, 0) is 11.3 Å². The molecule has 1 heterocycles. The zero-order valence-corrected chi connectivity index (χ0v) is 12.2. The van der Waals surface area contributed by atoms with Crippen molar-refractivity contribution in [1.82, 2.24) is 4.90 Å². The number of likely N-dealkylation sites (N-methyl/N-ethyl adjacent to an activating group) is 1. The summed E-state index contributed by atoms with van der Waals surface area (Å²) in [6, 6.07) is 9.29. The molecule has 0 aliphatic rings. The SMILES string of the molecule is CN(CC(=O)Nc1ccccc1Cl)Cc1ccsc1. The zero-order chi connectivity index (χ0) is 13.7. The fourth-order valence-corrected chi connectivity index (χ4v) is 2.59. The number of hydrogen-bond acceptors (Lipinski definition) is 3. The second-order valence-electron chi connectivity index (χ2n) is 4.33. The van der Waals surface area contributed by atoms with E-state index in [-0.39, 0.29) is 5.91 Å². The number of carbonyl (C=O) groups excluding carboxylic acids is 1. The number of nitrogens with zero attached hydrogens (tertiary/aromatic N) is 1. The van der Waals surface area contributed by atoms with Crippen molar-refractivity contribution in [2.75, 3.05) is 18.9 Å². The number of hydrogen-bond donors (Lipinski definition) is 1. The molecule has 0 saturated carbocycles. The standard InChI is InChI=1S/C14H15ClN2OS/c1-17(8-11-6-7-19-10-11)9-14(18)16-13-5-3-2-4-12(13)15/h2-7,10H,8-9H2,1H3,(H,16,18). The van der Waals surface area contributed by atoms with Crippen molar-refractivity contribution in [2.45, 2.75) is 6.54 Å². The average molecular weight is 295 g/mol. The van der Waals surface area contributed by atoms with Crippen LogP contribution in [0.25, 0.3) is 0 Å². The van der Waals surface area contributed by atoms with E-state index in [0.717, 1.165) is 6.54 Å².